The summed E-state index contributed by atoms with van der Waals surface area (Å²) in [5.41, 5.74) is 1.80. The zero-order valence-electron chi connectivity index (χ0n) is 21.4. The number of hydrogen-bond donors (Lipinski definition) is 2. The van der Waals surface area contributed by atoms with Crippen LogP contribution in [0.15, 0.2) is 107 Å². The zero-order chi connectivity index (χ0) is 27.6. The monoisotopic (exact) mass is 555 g/mol. The van der Waals surface area contributed by atoms with Crippen molar-refractivity contribution in [3.05, 3.63) is 114 Å². The highest BCUT2D eigenvalue weighted by Crippen LogP contribution is 2.14. The van der Waals surface area contributed by atoms with Crippen molar-refractivity contribution in [1.82, 2.24) is 14.3 Å². The quantitative estimate of drug-likeness (QED) is 0.337. The van der Waals surface area contributed by atoms with Crippen LogP contribution in [0.4, 0.5) is 0 Å². The number of hydrogen-bond acceptors (Lipinski definition) is 5. The average Bonchev–Trinajstić information content (AvgIpc) is 2.91. The second kappa shape index (κ2) is 13.5. The second-order valence-electron chi connectivity index (χ2n) is 8.97. The molecule has 202 valence electrons. The summed E-state index contributed by atoms with van der Waals surface area (Å²) in [4.78, 5) is 13.6. The summed E-state index contributed by atoms with van der Waals surface area (Å²) in [7, 11) is -4.90. The van der Waals surface area contributed by atoms with E-state index in [1.54, 1.807) is 18.2 Å². The molecule has 0 fully saturated rings. The topological polar surface area (TPSA) is 113 Å². The van der Waals surface area contributed by atoms with Gasteiger partial charge in [0, 0.05) is 25.5 Å². The van der Waals surface area contributed by atoms with Crippen LogP contribution in [-0.4, -0.2) is 53.2 Å². The van der Waals surface area contributed by atoms with Crippen LogP contribution >= 0.6 is 0 Å². The van der Waals surface area contributed by atoms with E-state index in [4.69, 9.17) is 0 Å². The summed E-state index contributed by atoms with van der Waals surface area (Å²) in [6.45, 7) is 0. The average molecular weight is 556 g/mol. The fraction of sp³-hybridized carbons (Fsp3) is 0.250. The van der Waals surface area contributed by atoms with Crippen LogP contribution in [0.1, 0.15) is 17.5 Å². The van der Waals surface area contributed by atoms with Gasteiger partial charge in [0.2, 0.25) is 5.91 Å². The van der Waals surface area contributed by atoms with Gasteiger partial charge in [0.15, 0.2) is 9.84 Å². The lowest BCUT2D eigenvalue weighted by molar-refractivity contribution is -0.123. The Bertz CT molecular complexity index is 1410. The molecule has 0 radical (unpaired) electrons. The van der Waals surface area contributed by atoms with E-state index in [0.717, 1.165) is 20.8 Å². The van der Waals surface area contributed by atoms with Crippen LogP contribution in [0.5, 0.6) is 0 Å². The van der Waals surface area contributed by atoms with Crippen molar-refractivity contribution in [1.29, 1.82) is 0 Å². The highest BCUT2D eigenvalue weighted by atomic mass is 32.2. The molecule has 0 aliphatic carbocycles. The number of nitrogens with zero attached hydrogens (tertiary/aromatic N) is 1. The zero-order valence-corrected chi connectivity index (χ0v) is 23.0. The normalized spacial score (nSPS) is 13.9. The molecule has 38 heavy (non-hydrogen) atoms. The first-order valence-corrected chi connectivity index (χ1v) is 15.1. The minimum Gasteiger partial charge on any atom is -0.348 e. The minimum atomic E-state index is -3.92. The Hall–Kier alpha value is -3.31. The van der Waals surface area contributed by atoms with Crippen molar-refractivity contribution >= 4 is 26.0 Å². The summed E-state index contributed by atoms with van der Waals surface area (Å²) < 4.78 is 54.3. The Morgan fingerprint density at radius 2 is 1.34 bits per heavy atom. The van der Waals surface area contributed by atoms with Gasteiger partial charge in [-0.3, -0.25) is 4.79 Å². The highest BCUT2D eigenvalue weighted by Gasteiger charge is 2.27. The van der Waals surface area contributed by atoms with Gasteiger partial charge in [-0.05, 0) is 42.5 Å². The SMILES string of the molecule is CN(C)S(=O)(=O)NC(Cc1ccccc1)C(=O)NC(C=CS(=O)(=O)c1ccccc1)CCc1ccccc1. The fourth-order valence-corrected chi connectivity index (χ4v) is 5.53. The molecule has 8 nitrogen and oxygen atoms in total. The van der Waals surface area contributed by atoms with E-state index in [9.17, 15) is 21.6 Å². The van der Waals surface area contributed by atoms with Crippen molar-refractivity contribution in [3.8, 4) is 0 Å². The first kappa shape index (κ1) is 29.2. The van der Waals surface area contributed by atoms with E-state index >= 15 is 0 Å². The second-order valence-corrected chi connectivity index (χ2v) is 12.7. The number of benzene rings is 3. The van der Waals surface area contributed by atoms with Gasteiger partial charge in [-0.2, -0.15) is 17.4 Å². The lowest BCUT2D eigenvalue weighted by atomic mass is 10.0. The standard InChI is InChI=1S/C28H33N3O5S2/c1-31(2)38(35,36)30-27(22-24-14-8-4-9-15-24)28(32)29-25(19-18-23-12-6-3-7-13-23)20-21-37(33,34)26-16-10-5-11-17-26/h3-17,20-21,25,27,30H,18-19,22H2,1-2H3,(H,29,32). The number of carbonyl (C=O) groups excluding carboxylic acids is 1. The van der Waals surface area contributed by atoms with E-state index in [-0.39, 0.29) is 11.3 Å². The lowest BCUT2D eigenvalue weighted by Crippen LogP contribution is -2.52. The molecule has 0 bridgehead atoms. The number of aryl methyl sites for hydroxylation is 1. The van der Waals surface area contributed by atoms with Crippen molar-refractivity contribution in [3.63, 3.8) is 0 Å². The number of amides is 1. The number of nitrogens with one attached hydrogen (secondary N) is 2. The first-order valence-electron chi connectivity index (χ1n) is 12.1. The molecule has 2 N–H and O–H groups in total. The molecule has 0 aromatic heterocycles. The van der Waals surface area contributed by atoms with Crippen LogP contribution in [-0.2, 0) is 37.7 Å². The molecule has 0 heterocycles. The van der Waals surface area contributed by atoms with Crippen molar-refractivity contribution < 1.29 is 21.6 Å². The molecule has 0 spiro atoms. The number of carbonyl (C=O) groups is 1. The molecule has 0 saturated heterocycles. The Morgan fingerprint density at radius 1 is 0.816 bits per heavy atom. The molecular weight excluding hydrogens is 522 g/mol. The Balaban J connectivity index is 1.85. The minimum absolute atomic E-state index is 0.122. The highest BCUT2D eigenvalue weighted by molar-refractivity contribution is 7.94. The third kappa shape index (κ3) is 8.91. The molecule has 2 unspecified atom stereocenters. The van der Waals surface area contributed by atoms with Gasteiger partial charge < -0.3 is 5.32 Å². The van der Waals surface area contributed by atoms with Crippen LogP contribution in [0.2, 0.25) is 0 Å². The van der Waals surface area contributed by atoms with Crippen LogP contribution in [0.25, 0.3) is 0 Å². The maximum atomic E-state index is 13.4. The summed E-state index contributed by atoms with van der Waals surface area (Å²) in [5.74, 6) is -0.556. The maximum Gasteiger partial charge on any atom is 0.279 e. The smallest absolute Gasteiger partial charge is 0.279 e. The summed E-state index contributed by atoms with van der Waals surface area (Å²) >= 11 is 0. The van der Waals surface area contributed by atoms with Crippen LogP contribution in [0, 0.1) is 0 Å². The van der Waals surface area contributed by atoms with E-state index in [2.05, 4.69) is 10.0 Å². The predicted molar refractivity (Wildman–Crippen MR) is 149 cm³/mol. The Morgan fingerprint density at radius 3 is 1.89 bits per heavy atom. The van der Waals surface area contributed by atoms with Gasteiger partial charge in [-0.25, -0.2) is 8.42 Å². The molecule has 0 aliphatic heterocycles. The van der Waals surface area contributed by atoms with Gasteiger partial charge >= 0.3 is 0 Å². The molecule has 10 heteroatoms. The predicted octanol–water partition coefficient (Wildman–Crippen LogP) is 3.10. The molecular formula is C28H33N3O5S2. The lowest BCUT2D eigenvalue weighted by Gasteiger charge is -2.23. The van der Waals surface area contributed by atoms with E-state index in [1.165, 1.54) is 32.3 Å². The van der Waals surface area contributed by atoms with E-state index in [0.29, 0.717) is 12.8 Å². The molecule has 2 atom stereocenters. The summed E-state index contributed by atoms with van der Waals surface area (Å²) in [6, 6.07) is 24.9. The van der Waals surface area contributed by atoms with Crippen LogP contribution < -0.4 is 10.0 Å². The van der Waals surface area contributed by atoms with Crippen molar-refractivity contribution in [2.45, 2.75) is 36.2 Å². The van der Waals surface area contributed by atoms with E-state index in [1.807, 2.05) is 60.7 Å². The molecule has 0 saturated carbocycles. The summed E-state index contributed by atoms with van der Waals surface area (Å²) in [6.07, 6.45) is 2.56. The number of rotatable bonds is 13. The van der Waals surface area contributed by atoms with E-state index < -0.39 is 38.0 Å². The van der Waals surface area contributed by atoms with Gasteiger partial charge in [-0.15, -0.1) is 0 Å². The third-order valence-electron chi connectivity index (χ3n) is 5.85. The Labute approximate surface area is 225 Å². The van der Waals surface area contributed by atoms with Gasteiger partial charge in [0.25, 0.3) is 10.2 Å². The molecule has 3 aromatic carbocycles. The summed E-state index contributed by atoms with van der Waals surface area (Å²) in [5, 5.41) is 3.95. The molecule has 3 aromatic rings. The van der Waals surface area contributed by atoms with Gasteiger partial charge in [-0.1, -0.05) is 84.9 Å². The maximum absolute atomic E-state index is 13.4. The van der Waals surface area contributed by atoms with Crippen LogP contribution in [0.3, 0.4) is 0 Å². The van der Waals surface area contributed by atoms with Gasteiger partial charge in [0.1, 0.15) is 6.04 Å². The number of sulfone groups is 1. The van der Waals surface area contributed by atoms with Crippen molar-refractivity contribution in [2.75, 3.05) is 14.1 Å². The molecule has 0 aliphatic rings. The van der Waals surface area contributed by atoms with Crippen molar-refractivity contribution in [2.24, 2.45) is 0 Å². The van der Waals surface area contributed by atoms with Gasteiger partial charge in [0.05, 0.1) is 4.90 Å². The Kier molecular flexibility index (Phi) is 10.4. The molecule has 1 amide bonds. The fourth-order valence-electron chi connectivity index (χ4n) is 3.68. The molecule has 3 rings (SSSR count). The third-order valence-corrected chi connectivity index (χ3v) is 8.84. The largest absolute Gasteiger partial charge is 0.348 e. The first-order chi connectivity index (χ1) is 18.1.